The average molecular weight is 621 g/mol. The molecule has 0 aromatic heterocycles. The van der Waals surface area contributed by atoms with Crippen molar-refractivity contribution < 1.29 is 18.6 Å². The number of carbonyl (C=O) groups is 2. The molecule has 12 heteroatoms. The first-order chi connectivity index (χ1) is 19.7. The van der Waals surface area contributed by atoms with Crippen molar-refractivity contribution in [3.05, 3.63) is 96.1 Å². The maximum absolute atomic E-state index is 13.9. The predicted molar refractivity (Wildman–Crippen MR) is 170 cm³/mol. The van der Waals surface area contributed by atoms with Crippen molar-refractivity contribution >= 4 is 70.7 Å². The summed E-state index contributed by atoms with van der Waals surface area (Å²) in [5, 5.41) is 1.85. The van der Waals surface area contributed by atoms with Gasteiger partial charge in [-0.3, -0.25) is 18.9 Å². The second-order valence-corrected chi connectivity index (χ2v) is 17.4. The first-order valence-corrected chi connectivity index (χ1v) is 18.4. The highest BCUT2D eigenvalue weighted by Gasteiger charge is 2.47. The Kier molecular flexibility index (Phi) is 6.18. The van der Waals surface area contributed by atoms with E-state index in [0.717, 1.165) is 22.1 Å². The number of hydrogen-bond acceptors (Lipinski definition) is 6. The zero-order chi connectivity index (χ0) is 28.5. The normalized spacial score (nSPS) is 23.8. The standard InChI is InChI=1S/C29H26N4O4P2S2/c1-30-24-14-7-5-12-22(24)28(34)32-16-9-17-33-29(35)23-13-6-8-15-25(23)31(2)39(33,41)37-27-19-21-11-4-3-10-20(21)18-26(27)36-38(30,32)40/h3-8,10-15,18-19H,9,16-17H2,1-2H3. The van der Waals surface area contributed by atoms with Gasteiger partial charge in [0, 0.05) is 27.2 Å². The molecule has 0 radical (unpaired) electrons. The predicted octanol–water partition coefficient (Wildman–Crippen LogP) is 6.63. The molecule has 0 saturated heterocycles. The first-order valence-electron chi connectivity index (χ1n) is 13.2. The van der Waals surface area contributed by atoms with Gasteiger partial charge in [-0.05, 0) is 77.2 Å². The molecular weight excluding hydrogens is 594 g/mol. The van der Waals surface area contributed by atoms with Crippen molar-refractivity contribution in [2.24, 2.45) is 0 Å². The zero-order valence-electron chi connectivity index (χ0n) is 22.3. The lowest BCUT2D eigenvalue weighted by atomic mass is 10.1. The lowest BCUT2D eigenvalue weighted by molar-refractivity contribution is 0.0838. The van der Waals surface area contributed by atoms with E-state index in [-0.39, 0.29) is 11.8 Å². The molecule has 0 N–H and O–H groups in total. The Hall–Kier alpha value is -3.42. The summed E-state index contributed by atoms with van der Waals surface area (Å²) in [5.74, 6) is 0.413. The van der Waals surface area contributed by atoms with Crippen LogP contribution < -0.4 is 18.4 Å². The third-order valence-corrected chi connectivity index (χ3v) is 15.7. The van der Waals surface area contributed by atoms with E-state index in [9.17, 15) is 9.59 Å². The van der Waals surface area contributed by atoms with Crippen LogP contribution in [0.25, 0.3) is 10.8 Å². The monoisotopic (exact) mass is 620 g/mol. The fraction of sp³-hybridized carbons (Fsp3) is 0.172. The van der Waals surface area contributed by atoms with E-state index in [1.807, 2.05) is 108 Å². The fourth-order valence-corrected chi connectivity index (χ4v) is 11.8. The minimum Gasteiger partial charge on any atom is -0.429 e. The van der Waals surface area contributed by atoms with Gasteiger partial charge in [0.1, 0.15) is 0 Å². The summed E-state index contributed by atoms with van der Waals surface area (Å²) in [6.07, 6.45) is 0.450. The van der Waals surface area contributed by atoms with Crippen molar-refractivity contribution in [3.8, 4) is 11.5 Å². The molecule has 3 heterocycles. The van der Waals surface area contributed by atoms with Gasteiger partial charge in [0.25, 0.3) is 11.8 Å². The molecule has 2 atom stereocenters. The molecule has 8 nitrogen and oxygen atoms in total. The van der Waals surface area contributed by atoms with Crippen LogP contribution in [0.4, 0.5) is 11.4 Å². The van der Waals surface area contributed by atoms with Gasteiger partial charge >= 0.3 is 13.1 Å². The van der Waals surface area contributed by atoms with Crippen molar-refractivity contribution in [1.82, 2.24) is 9.34 Å². The van der Waals surface area contributed by atoms with Crippen molar-refractivity contribution in [2.75, 3.05) is 36.5 Å². The summed E-state index contributed by atoms with van der Waals surface area (Å²) in [5.41, 5.74) is 2.59. The Balaban J connectivity index is 1.45. The van der Waals surface area contributed by atoms with E-state index in [4.69, 9.17) is 32.7 Å². The lowest BCUT2D eigenvalue weighted by Crippen LogP contribution is -2.44. The van der Waals surface area contributed by atoms with E-state index in [1.54, 1.807) is 9.34 Å². The quantitative estimate of drug-likeness (QED) is 0.203. The van der Waals surface area contributed by atoms with Gasteiger partial charge in [-0.1, -0.05) is 48.5 Å². The van der Waals surface area contributed by atoms with Gasteiger partial charge in [0.2, 0.25) is 0 Å². The lowest BCUT2D eigenvalue weighted by Gasteiger charge is -2.45. The van der Waals surface area contributed by atoms with Crippen LogP contribution in [0.5, 0.6) is 11.5 Å². The minimum atomic E-state index is -3.17. The largest absolute Gasteiger partial charge is 0.429 e. The molecule has 2 unspecified atom stereocenters. The Morgan fingerprint density at radius 2 is 1.02 bits per heavy atom. The van der Waals surface area contributed by atoms with Gasteiger partial charge in [-0.25, -0.2) is 0 Å². The molecule has 4 aromatic rings. The zero-order valence-corrected chi connectivity index (χ0v) is 25.8. The number of hydrogen-bond donors (Lipinski definition) is 0. The smallest absolute Gasteiger partial charge is 0.307 e. The summed E-state index contributed by atoms with van der Waals surface area (Å²) in [6.45, 7) is -5.74. The van der Waals surface area contributed by atoms with Crippen LogP contribution in [0.15, 0.2) is 84.9 Å². The molecule has 208 valence electrons. The summed E-state index contributed by atoms with van der Waals surface area (Å²) in [4.78, 5) is 27.9. The summed E-state index contributed by atoms with van der Waals surface area (Å²) in [7, 11) is 3.75. The van der Waals surface area contributed by atoms with Crippen molar-refractivity contribution in [3.63, 3.8) is 0 Å². The van der Waals surface area contributed by atoms with E-state index in [2.05, 4.69) is 0 Å². The number of carbonyl (C=O) groups excluding carboxylic acids is 2. The first kappa shape index (κ1) is 26.5. The summed E-state index contributed by atoms with van der Waals surface area (Å²) < 4.78 is 20.8. The Bertz CT molecular complexity index is 1740. The van der Waals surface area contributed by atoms with Crippen LogP contribution in [-0.4, -0.2) is 48.3 Å². The van der Waals surface area contributed by atoms with Gasteiger partial charge in [0.15, 0.2) is 11.5 Å². The number of benzene rings is 4. The number of para-hydroxylation sites is 2. The Labute approximate surface area is 248 Å². The fourth-order valence-electron chi connectivity index (χ4n) is 5.62. The number of fused-ring (bicyclic) bond motifs is 6. The molecule has 0 aliphatic carbocycles. The van der Waals surface area contributed by atoms with Crippen LogP contribution in [0.1, 0.15) is 27.1 Å². The molecule has 0 spiro atoms. The summed E-state index contributed by atoms with van der Waals surface area (Å²) >= 11 is 12.6. The molecule has 41 heavy (non-hydrogen) atoms. The van der Waals surface area contributed by atoms with Gasteiger partial charge in [-0.15, -0.1) is 0 Å². The van der Waals surface area contributed by atoms with Crippen LogP contribution in [0.2, 0.25) is 0 Å². The number of nitrogens with zero attached hydrogens (tertiary/aromatic N) is 4. The van der Waals surface area contributed by atoms with E-state index >= 15 is 0 Å². The highest BCUT2D eigenvalue weighted by atomic mass is 32.5. The van der Waals surface area contributed by atoms with E-state index in [0.29, 0.717) is 42.1 Å². The molecular formula is C29H26N4O4P2S2. The van der Waals surface area contributed by atoms with Crippen LogP contribution in [-0.2, 0) is 23.6 Å². The highest BCUT2D eigenvalue weighted by Crippen LogP contribution is 2.65. The van der Waals surface area contributed by atoms with Crippen LogP contribution in [0, 0.1) is 0 Å². The molecule has 3 aliphatic rings. The Morgan fingerprint density at radius 3 is 1.46 bits per heavy atom. The maximum Gasteiger partial charge on any atom is 0.307 e. The minimum absolute atomic E-state index is 0.184. The van der Waals surface area contributed by atoms with Gasteiger partial charge in [-0.2, -0.15) is 0 Å². The van der Waals surface area contributed by atoms with Crippen molar-refractivity contribution in [1.29, 1.82) is 0 Å². The number of anilines is 2. The van der Waals surface area contributed by atoms with Crippen molar-refractivity contribution in [2.45, 2.75) is 6.42 Å². The third-order valence-electron chi connectivity index (χ3n) is 7.79. The molecule has 3 aliphatic heterocycles. The second-order valence-electron chi connectivity index (χ2n) is 10.1. The molecule has 7 rings (SSSR count). The molecule has 0 bridgehead atoms. The van der Waals surface area contributed by atoms with Crippen LogP contribution >= 0.6 is 13.1 Å². The van der Waals surface area contributed by atoms with Gasteiger partial charge < -0.3 is 18.4 Å². The highest BCUT2D eigenvalue weighted by molar-refractivity contribution is 8.12. The molecule has 0 fully saturated rings. The SMILES string of the molecule is CN1c2ccccc2C(=O)N2CCCN3C(=O)c4ccccc4N(C)P3(=S)Oc3cc4ccccc4cc3OP21=S. The van der Waals surface area contributed by atoms with Gasteiger partial charge in [0.05, 0.1) is 22.5 Å². The molecule has 0 saturated carbocycles. The van der Waals surface area contributed by atoms with E-state index < -0.39 is 13.1 Å². The Morgan fingerprint density at radius 1 is 0.634 bits per heavy atom. The number of amides is 2. The third kappa shape index (κ3) is 3.92. The topological polar surface area (TPSA) is 65.6 Å². The second kappa shape index (κ2) is 9.57. The molecule has 4 aromatic carbocycles. The van der Waals surface area contributed by atoms with Crippen LogP contribution in [0.3, 0.4) is 0 Å². The summed E-state index contributed by atoms with van der Waals surface area (Å²) in [6, 6.07) is 26.5. The number of rotatable bonds is 0. The average Bonchev–Trinajstić information content (AvgIpc) is 3.00. The van der Waals surface area contributed by atoms with E-state index in [1.165, 1.54) is 0 Å². The maximum atomic E-state index is 13.9. The molecule has 2 amide bonds.